The van der Waals surface area contributed by atoms with Gasteiger partial charge in [0, 0.05) is 23.0 Å². The average Bonchev–Trinajstić information content (AvgIpc) is 2.94. The maximum atomic E-state index is 5.85. The summed E-state index contributed by atoms with van der Waals surface area (Å²) >= 11 is 1.81. The first-order valence-corrected chi connectivity index (χ1v) is 7.20. The van der Waals surface area contributed by atoms with E-state index in [-0.39, 0.29) is 0 Å². The van der Waals surface area contributed by atoms with Crippen LogP contribution in [0.1, 0.15) is 31.2 Å². The molecule has 0 amide bonds. The van der Waals surface area contributed by atoms with Crippen molar-refractivity contribution in [2.75, 3.05) is 5.73 Å². The highest BCUT2D eigenvalue weighted by Crippen LogP contribution is 2.28. The zero-order valence-corrected chi connectivity index (χ0v) is 10.7. The highest BCUT2D eigenvalue weighted by atomic mass is 32.1. The Labute approximate surface area is 106 Å². The molecule has 0 radical (unpaired) electrons. The Kier molecular flexibility index (Phi) is 3.04. The Morgan fingerprint density at radius 3 is 2.94 bits per heavy atom. The number of rotatable bonds is 3. The van der Waals surface area contributed by atoms with Crippen LogP contribution in [-0.4, -0.2) is 6.04 Å². The van der Waals surface area contributed by atoms with E-state index in [1.165, 1.54) is 41.3 Å². The first-order chi connectivity index (χ1) is 8.33. The zero-order valence-electron chi connectivity index (χ0n) is 9.91. The van der Waals surface area contributed by atoms with Crippen LogP contribution in [0.3, 0.4) is 0 Å². The SMILES string of the molecule is Nc1ccc2scc(CNC3CCCC3)c2c1. The van der Waals surface area contributed by atoms with Gasteiger partial charge in [-0.3, -0.25) is 0 Å². The number of nitrogens with two attached hydrogens (primary N) is 1. The largest absolute Gasteiger partial charge is 0.399 e. The molecule has 0 saturated heterocycles. The van der Waals surface area contributed by atoms with Crippen molar-refractivity contribution < 1.29 is 0 Å². The van der Waals surface area contributed by atoms with Crippen LogP contribution >= 0.6 is 11.3 Å². The predicted molar refractivity (Wildman–Crippen MR) is 75.3 cm³/mol. The van der Waals surface area contributed by atoms with E-state index in [9.17, 15) is 0 Å². The molecule has 0 atom stereocenters. The standard InChI is InChI=1S/C14H18N2S/c15-11-5-6-14-13(7-11)10(9-17-14)8-16-12-3-1-2-4-12/h5-7,9,12,16H,1-4,8,15H2. The van der Waals surface area contributed by atoms with Gasteiger partial charge in [-0.15, -0.1) is 11.3 Å². The van der Waals surface area contributed by atoms with Crippen molar-refractivity contribution in [1.29, 1.82) is 0 Å². The summed E-state index contributed by atoms with van der Waals surface area (Å²) in [5, 5.41) is 7.24. The van der Waals surface area contributed by atoms with Crippen molar-refractivity contribution >= 4 is 27.1 Å². The fourth-order valence-electron chi connectivity index (χ4n) is 2.62. The number of nitrogens with one attached hydrogen (secondary N) is 1. The Bertz CT molecular complexity index is 512. The van der Waals surface area contributed by atoms with Crippen LogP contribution in [-0.2, 0) is 6.54 Å². The summed E-state index contributed by atoms with van der Waals surface area (Å²) in [6.45, 7) is 0.980. The second-order valence-corrected chi connectivity index (χ2v) is 5.79. The molecule has 2 nitrogen and oxygen atoms in total. The third-order valence-electron chi connectivity index (χ3n) is 3.61. The van der Waals surface area contributed by atoms with Gasteiger partial charge in [0.25, 0.3) is 0 Å². The van der Waals surface area contributed by atoms with Crippen LogP contribution < -0.4 is 11.1 Å². The average molecular weight is 246 g/mol. The fourth-order valence-corrected chi connectivity index (χ4v) is 3.56. The molecule has 90 valence electrons. The van der Waals surface area contributed by atoms with Gasteiger partial charge in [0.1, 0.15) is 0 Å². The van der Waals surface area contributed by atoms with E-state index in [1.54, 1.807) is 0 Å². The summed E-state index contributed by atoms with van der Waals surface area (Å²) < 4.78 is 1.34. The van der Waals surface area contributed by atoms with E-state index >= 15 is 0 Å². The van der Waals surface area contributed by atoms with Gasteiger partial charge in [-0.25, -0.2) is 0 Å². The monoisotopic (exact) mass is 246 g/mol. The molecule has 0 bridgehead atoms. The van der Waals surface area contributed by atoms with Crippen LogP contribution in [0.2, 0.25) is 0 Å². The lowest BCUT2D eigenvalue weighted by atomic mass is 10.1. The van der Waals surface area contributed by atoms with E-state index in [1.807, 2.05) is 17.4 Å². The molecule has 1 saturated carbocycles. The number of benzene rings is 1. The summed E-state index contributed by atoms with van der Waals surface area (Å²) in [7, 11) is 0. The first kappa shape index (κ1) is 11.1. The highest BCUT2D eigenvalue weighted by Gasteiger charge is 2.14. The van der Waals surface area contributed by atoms with Gasteiger partial charge in [-0.05, 0) is 47.4 Å². The lowest BCUT2D eigenvalue weighted by Gasteiger charge is -2.11. The molecule has 3 heteroatoms. The maximum absolute atomic E-state index is 5.85. The van der Waals surface area contributed by atoms with Crippen LogP contribution in [0.25, 0.3) is 10.1 Å². The highest BCUT2D eigenvalue weighted by molar-refractivity contribution is 7.17. The van der Waals surface area contributed by atoms with E-state index in [2.05, 4.69) is 22.8 Å². The van der Waals surface area contributed by atoms with E-state index in [4.69, 9.17) is 5.73 Å². The quantitative estimate of drug-likeness (QED) is 0.813. The third-order valence-corrected chi connectivity index (χ3v) is 4.63. The Balaban J connectivity index is 1.77. The molecular formula is C14H18N2S. The summed E-state index contributed by atoms with van der Waals surface area (Å²) in [5.41, 5.74) is 8.11. The van der Waals surface area contributed by atoms with Gasteiger partial charge < -0.3 is 11.1 Å². The molecule has 1 aromatic heterocycles. The molecule has 17 heavy (non-hydrogen) atoms. The maximum Gasteiger partial charge on any atom is 0.0347 e. The Hall–Kier alpha value is -1.06. The number of hydrogen-bond acceptors (Lipinski definition) is 3. The molecule has 2 aromatic rings. The topological polar surface area (TPSA) is 38.0 Å². The molecule has 1 fully saturated rings. The molecular weight excluding hydrogens is 228 g/mol. The second-order valence-electron chi connectivity index (χ2n) is 4.88. The summed E-state index contributed by atoms with van der Waals surface area (Å²) in [6.07, 6.45) is 5.44. The normalized spacial score (nSPS) is 16.9. The summed E-state index contributed by atoms with van der Waals surface area (Å²) in [4.78, 5) is 0. The van der Waals surface area contributed by atoms with Crippen molar-refractivity contribution in [3.8, 4) is 0 Å². The lowest BCUT2D eigenvalue weighted by Crippen LogP contribution is -2.25. The van der Waals surface area contributed by atoms with Gasteiger partial charge in [0.2, 0.25) is 0 Å². The van der Waals surface area contributed by atoms with Crippen molar-refractivity contribution in [2.24, 2.45) is 0 Å². The second kappa shape index (κ2) is 4.67. The molecule has 1 aliphatic carbocycles. The van der Waals surface area contributed by atoms with Gasteiger partial charge in [0.05, 0.1) is 0 Å². The number of hydrogen-bond donors (Lipinski definition) is 2. The number of nitrogen functional groups attached to an aromatic ring is 1. The molecule has 1 heterocycles. The Morgan fingerprint density at radius 1 is 1.29 bits per heavy atom. The molecule has 0 spiro atoms. The molecule has 1 aromatic carbocycles. The minimum atomic E-state index is 0.728. The summed E-state index contributed by atoms with van der Waals surface area (Å²) in [6, 6.07) is 6.92. The molecule has 0 unspecified atom stereocenters. The van der Waals surface area contributed by atoms with Gasteiger partial charge in [0.15, 0.2) is 0 Å². The molecule has 0 aliphatic heterocycles. The predicted octanol–water partition coefficient (Wildman–Crippen LogP) is 3.52. The number of fused-ring (bicyclic) bond motifs is 1. The lowest BCUT2D eigenvalue weighted by molar-refractivity contribution is 0.526. The van der Waals surface area contributed by atoms with E-state index in [0.29, 0.717) is 0 Å². The number of thiophene rings is 1. The van der Waals surface area contributed by atoms with Crippen LogP contribution in [0.15, 0.2) is 23.6 Å². The minimum Gasteiger partial charge on any atom is -0.399 e. The van der Waals surface area contributed by atoms with E-state index in [0.717, 1.165) is 18.3 Å². The van der Waals surface area contributed by atoms with Crippen molar-refractivity contribution in [3.63, 3.8) is 0 Å². The van der Waals surface area contributed by atoms with Crippen molar-refractivity contribution in [2.45, 2.75) is 38.3 Å². The molecule has 3 rings (SSSR count). The fraction of sp³-hybridized carbons (Fsp3) is 0.429. The van der Waals surface area contributed by atoms with Gasteiger partial charge >= 0.3 is 0 Å². The third kappa shape index (κ3) is 2.31. The van der Waals surface area contributed by atoms with Crippen molar-refractivity contribution in [3.05, 3.63) is 29.1 Å². The van der Waals surface area contributed by atoms with Gasteiger partial charge in [-0.2, -0.15) is 0 Å². The molecule has 1 aliphatic rings. The zero-order chi connectivity index (χ0) is 11.7. The van der Waals surface area contributed by atoms with Crippen molar-refractivity contribution in [1.82, 2.24) is 5.32 Å². The number of anilines is 1. The van der Waals surface area contributed by atoms with E-state index < -0.39 is 0 Å². The smallest absolute Gasteiger partial charge is 0.0347 e. The van der Waals surface area contributed by atoms with Crippen LogP contribution in [0.5, 0.6) is 0 Å². The molecule has 3 N–H and O–H groups in total. The minimum absolute atomic E-state index is 0.728. The van der Waals surface area contributed by atoms with Crippen LogP contribution in [0.4, 0.5) is 5.69 Å². The van der Waals surface area contributed by atoms with Gasteiger partial charge in [-0.1, -0.05) is 12.8 Å². The van der Waals surface area contributed by atoms with Crippen LogP contribution in [0, 0.1) is 0 Å². The Morgan fingerprint density at radius 2 is 2.12 bits per heavy atom. The first-order valence-electron chi connectivity index (χ1n) is 6.32. The summed E-state index contributed by atoms with van der Waals surface area (Å²) in [5.74, 6) is 0.